The zero-order chi connectivity index (χ0) is 16.5. The topological polar surface area (TPSA) is 74.2 Å². The van der Waals surface area contributed by atoms with Crippen molar-refractivity contribution in [1.82, 2.24) is 15.6 Å². The van der Waals surface area contributed by atoms with Crippen LogP contribution in [0.5, 0.6) is 0 Å². The van der Waals surface area contributed by atoms with E-state index in [4.69, 9.17) is 0 Å². The monoisotopic (exact) mass is 319 g/mol. The highest BCUT2D eigenvalue weighted by molar-refractivity contribution is 5.74. The predicted molar refractivity (Wildman–Crippen MR) is 91.0 cm³/mol. The number of amides is 2. The van der Waals surface area contributed by atoms with Gasteiger partial charge in [-0.15, -0.1) is 0 Å². The summed E-state index contributed by atoms with van der Waals surface area (Å²) in [5.41, 5.74) is 1.06. The molecule has 1 aromatic heterocycles. The number of pyridine rings is 1. The first-order valence-electron chi connectivity index (χ1n) is 8.82. The third kappa shape index (κ3) is 5.50. The van der Waals surface area contributed by atoms with Gasteiger partial charge < -0.3 is 15.7 Å². The zero-order valence-electron chi connectivity index (χ0n) is 14.0. The molecule has 2 rings (SSSR count). The second-order valence-corrected chi connectivity index (χ2v) is 6.38. The molecular formula is C18H29N3O2. The lowest BCUT2D eigenvalue weighted by Crippen LogP contribution is -2.47. The molecule has 0 unspecified atom stereocenters. The van der Waals surface area contributed by atoms with Gasteiger partial charge >= 0.3 is 6.03 Å². The van der Waals surface area contributed by atoms with Gasteiger partial charge in [-0.2, -0.15) is 0 Å². The van der Waals surface area contributed by atoms with Crippen LogP contribution in [0, 0.1) is 5.92 Å². The smallest absolute Gasteiger partial charge is 0.315 e. The molecule has 1 aliphatic carbocycles. The van der Waals surface area contributed by atoms with Crippen LogP contribution in [0.4, 0.5) is 4.79 Å². The Morgan fingerprint density at radius 3 is 2.57 bits per heavy atom. The summed E-state index contributed by atoms with van der Waals surface area (Å²) in [6.45, 7) is 2.17. The molecule has 1 aliphatic rings. The number of aliphatic hydroxyl groups excluding tert-OH is 1. The standard InChI is InChI=1S/C18H29N3O2/c1-2-16(15-8-11-19-12-9-15)20-18(23)21-17(10-13-22)14-6-4-3-5-7-14/h8-9,11-12,14,16-17,22H,2-7,10,13H2,1H3,(H2,20,21,23)/t16-,17-/m1/s1. The highest BCUT2D eigenvalue weighted by Gasteiger charge is 2.25. The minimum absolute atomic E-state index is 0.0147. The van der Waals surface area contributed by atoms with E-state index >= 15 is 0 Å². The quantitative estimate of drug-likeness (QED) is 0.722. The van der Waals surface area contributed by atoms with Crippen LogP contribution in [-0.4, -0.2) is 28.8 Å². The summed E-state index contributed by atoms with van der Waals surface area (Å²) < 4.78 is 0. The Morgan fingerprint density at radius 2 is 1.96 bits per heavy atom. The molecule has 1 aromatic rings. The first kappa shape index (κ1) is 17.7. The molecule has 0 radical (unpaired) electrons. The number of carbonyl (C=O) groups excluding carboxylic acids is 1. The van der Waals surface area contributed by atoms with Crippen molar-refractivity contribution >= 4 is 6.03 Å². The number of nitrogens with zero attached hydrogens (tertiary/aromatic N) is 1. The minimum Gasteiger partial charge on any atom is -0.396 e. The fourth-order valence-electron chi connectivity index (χ4n) is 3.49. The van der Waals surface area contributed by atoms with E-state index in [2.05, 4.69) is 22.5 Å². The predicted octanol–water partition coefficient (Wildman–Crippen LogP) is 3.16. The fraction of sp³-hybridized carbons (Fsp3) is 0.667. The zero-order valence-corrected chi connectivity index (χ0v) is 14.0. The van der Waals surface area contributed by atoms with Crippen LogP contribution in [0.15, 0.2) is 24.5 Å². The highest BCUT2D eigenvalue weighted by atomic mass is 16.3. The third-order valence-corrected chi connectivity index (χ3v) is 4.80. The van der Waals surface area contributed by atoms with E-state index < -0.39 is 0 Å². The number of carbonyl (C=O) groups is 1. The van der Waals surface area contributed by atoms with Crippen molar-refractivity contribution in [3.63, 3.8) is 0 Å². The molecule has 5 nitrogen and oxygen atoms in total. The van der Waals surface area contributed by atoms with E-state index in [1.54, 1.807) is 12.4 Å². The van der Waals surface area contributed by atoms with Gasteiger partial charge in [0.1, 0.15) is 0 Å². The Hall–Kier alpha value is -1.62. The van der Waals surface area contributed by atoms with Gasteiger partial charge in [0.05, 0.1) is 6.04 Å². The van der Waals surface area contributed by atoms with Crippen LogP contribution in [0.3, 0.4) is 0 Å². The SMILES string of the molecule is CC[C@@H](NC(=O)N[C@H](CCO)C1CCCCC1)c1ccncc1. The van der Waals surface area contributed by atoms with Gasteiger partial charge in [-0.3, -0.25) is 4.98 Å². The summed E-state index contributed by atoms with van der Waals surface area (Å²) in [6, 6.07) is 3.77. The molecule has 2 amide bonds. The third-order valence-electron chi connectivity index (χ3n) is 4.80. The lowest BCUT2D eigenvalue weighted by atomic mass is 9.83. The Kier molecular flexibility index (Phi) is 7.33. The maximum absolute atomic E-state index is 12.4. The van der Waals surface area contributed by atoms with Crippen LogP contribution < -0.4 is 10.6 Å². The van der Waals surface area contributed by atoms with Gasteiger partial charge in [0.15, 0.2) is 0 Å². The van der Waals surface area contributed by atoms with Gasteiger partial charge in [-0.1, -0.05) is 26.2 Å². The molecule has 3 N–H and O–H groups in total. The van der Waals surface area contributed by atoms with Crippen LogP contribution in [-0.2, 0) is 0 Å². The second-order valence-electron chi connectivity index (χ2n) is 6.38. The van der Waals surface area contributed by atoms with Crippen molar-refractivity contribution in [2.24, 2.45) is 5.92 Å². The Labute approximate surface area is 138 Å². The van der Waals surface area contributed by atoms with E-state index in [0.717, 1.165) is 24.8 Å². The number of nitrogens with one attached hydrogen (secondary N) is 2. The number of hydrogen-bond acceptors (Lipinski definition) is 3. The number of urea groups is 1. The molecule has 23 heavy (non-hydrogen) atoms. The summed E-state index contributed by atoms with van der Waals surface area (Å²) >= 11 is 0. The first-order valence-corrected chi connectivity index (χ1v) is 8.82. The molecular weight excluding hydrogens is 290 g/mol. The second kappa shape index (κ2) is 9.50. The number of aliphatic hydroxyl groups is 1. The van der Waals surface area contributed by atoms with Crippen LogP contribution in [0.25, 0.3) is 0 Å². The van der Waals surface area contributed by atoms with E-state index in [1.165, 1.54) is 19.3 Å². The normalized spacial score (nSPS) is 18.2. The van der Waals surface area contributed by atoms with Crippen LogP contribution in [0.2, 0.25) is 0 Å². The van der Waals surface area contributed by atoms with Crippen molar-refractivity contribution in [2.45, 2.75) is 64.0 Å². The van der Waals surface area contributed by atoms with Crippen molar-refractivity contribution in [1.29, 1.82) is 0 Å². The molecule has 0 aromatic carbocycles. The lowest BCUT2D eigenvalue weighted by Gasteiger charge is -2.31. The van der Waals surface area contributed by atoms with Crippen LogP contribution in [0.1, 0.15) is 63.5 Å². The fourth-order valence-corrected chi connectivity index (χ4v) is 3.49. The molecule has 0 aliphatic heterocycles. The maximum atomic E-state index is 12.4. The van der Waals surface area contributed by atoms with E-state index in [9.17, 15) is 9.90 Å². The molecule has 2 atom stereocenters. The first-order chi connectivity index (χ1) is 11.2. The maximum Gasteiger partial charge on any atom is 0.315 e. The summed E-state index contributed by atoms with van der Waals surface area (Å²) in [4.78, 5) is 16.4. The van der Waals surface area contributed by atoms with Crippen molar-refractivity contribution in [2.75, 3.05) is 6.61 Å². The average Bonchev–Trinajstić information content (AvgIpc) is 2.61. The van der Waals surface area contributed by atoms with E-state index in [1.807, 2.05) is 12.1 Å². The van der Waals surface area contributed by atoms with Crippen molar-refractivity contribution in [3.8, 4) is 0 Å². The summed E-state index contributed by atoms with van der Waals surface area (Å²) in [7, 11) is 0. The minimum atomic E-state index is -0.141. The van der Waals surface area contributed by atoms with Gasteiger partial charge in [0, 0.05) is 25.0 Å². The average molecular weight is 319 g/mol. The Morgan fingerprint density at radius 1 is 1.26 bits per heavy atom. The van der Waals surface area contributed by atoms with Crippen LogP contribution >= 0.6 is 0 Å². The van der Waals surface area contributed by atoms with E-state index in [0.29, 0.717) is 12.3 Å². The van der Waals surface area contributed by atoms with Gasteiger partial charge in [-0.05, 0) is 49.3 Å². The molecule has 0 saturated heterocycles. The molecule has 0 spiro atoms. The molecule has 5 heteroatoms. The molecule has 0 bridgehead atoms. The Bertz CT molecular complexity index is 461. The molecule has 1 fully saturated rings. The Balaban J connectivity index is 1.92. The highest BCUT2D eigenvalue weighted by Crippen LogP contribution is 2.27. The molecule has 128 valence electrons. The number of rotatable bonds is 7. The van der Waals surface area contributed by atoms with Gasteiger partial charge in [0.25, 0.3) is 0 Å². The van der Waals surface area contributed by atoms with Crippen molar-refractivity contribution < 1.29 is 9.90 Å². The number of hydrogen-bond donors (Lipinski definition) is 3. The largest absolute Gasteiger partial charge is 0.396 e. The molecule has 1 heterocycles. The van der Waals surface area contributed by atoms with Gasteiger partial charge in [-0.25, -0.2) is 4.79 Å². The molecule has 1 saturated carbocycles. The van der Waals surface area contributed by atoms with Gasteiger partial charge in [0.2, 0.25) is 0 Å². The lowest BCUT2D eigenvalue weighted by molar-refractivity contribution is 0.194. The van der Waals surface area contributed by atoms with E-state index in [-0.39, 0.29) is 24.7 Å². The summed E-state index contributed by atoms with van der Waals surface area (Å²) in [6.07, 6.45) is 11.0. The number of aromatic nitrogens is 1. The summed E-state index contributed by atoms with van der Waals surface area (Å²) in [5.74, 6) is 0.489. The van der Waals surface area contributed by atoms with Crippen molar-refractivity contribution in [3.05, 3.63) is 30.1 Å². The summed E-state index contributed by atoms with van der Waals surface area (Å²) in [5, 5.41) is 15.5.